The van der Waals surface area contributed by atoms with Crippen LogP contribution >= 0.6 is 0 Å². The van der Waals surface area contributed by atoms with Crippen molar-refractivity contribution in [3.63, 3.8) is 0 Å². The summed E-state index contributed by atoms with van der Waals surface area (Å²) in [6, 6.07) is 8.99. The Balaban J connectivity index is 1.31. The first-order valence-corrected chi connectivity index (χ1v) is 10.6. The Bertz CT molecular complexity index is 1050. The third-order valence-electron chi connectivity index (χ3n) is 5.77. The van der Waals surface area contributed by atoms with Crippen LogP contribution in [0.5, 0.6) is 0 Å². The topological polar surface area (TPSA) is 91.2 Å². The zero-order chi connectivity index (χ0) is 22.5. The fraction of sp³-hybridized carbons (Fsp3) is 0.333. The molecule has 0 radical (unpaired) electrons. The zero-order valence-electron chi connectivity index (χ0n) is 17.9. The van der Waals surface area contributed by atoms with Crippen LogP contribution in [-0.4, -0.2) is 50.0 Å². The Hall–Kier alpha value is -3.23. The summed E-state index contributed by atoms with van der Waals surface area (Å²) in [5.41, 5.74) is 2.94. The molecule has 1 unspecified atom stereocenters. The van der Waals surface area contributed by atoms with Crippen LogP contribution < -0.4 is 5.32 Å². The van der Waals surface area contributed by atoms with E-state index in [2.05, 4.69) is 20.3 Å². The van der Waals surface area contributed by atoms with Gasteiger partial charge in [0.2, 0.25) is 0 Å². The number of aliphatic hydroxyl groups is 1. The average Bonchev–Trinajstić information content (AvgIpc) is 3.27. The Morgan fingerprint density at radius 1 is 1.19 bits per heavy atom. The van der Waals surface area contributed by atoms with E-state index in [1.807, 2.05) is 24.3 Å². The van der Waals surface area contributed by atoms with Crippen LogP contribution in [0.4, 0.5) is 4.39 Å². The summed E-state index contributed by atoms with van der Waals surface area (Å²) in [6.45, 7) is 0.394. The minimum Gasteiger partial charge on any atom is -0.387 e. The zero-order valence-corrected chi connectivity index (χ0v) is 17.9. The van der Waals surface area contributed by atoms with E-state index in [1.165, 1.54) is 12.3 Å². The number of hydrogen-bond acceptors (Lipinski definition) is 6. The minimum atomic E-state index is -0.798. The van der Waals surface area contributed by atoms with Crippen molar-refractivity contribution < 1.29 is 14.3 Å². The van der Waals surface area contributed by atoms with Crippen LogP contribution in [0.3, 0.4) is 0 Å². The second-order valence-electron chi connectivity index (χ2n) is 8.19. The molecular formula is C24H26FN5O2. The van der Waals surface area contributed by atoms with Crippen molar-refractivity contribution in [1.29, 1.82) is 0 Å². The van der Waals surface area contributed by atoms with E-state index in [0.717, 1.165) is 36.7 Å². The summed E-state index contributed by atoms with van der Waals surface area (Å²) in [6.07, 6.45) is 9.18. The predicted octanol–water partition coefficient (Wildman–Crippen LogP) is 2.68. The number of carbonyl (C=O) groups is 1. The molecule has 166 valence electrons. The van der Waals surface area contributed by atoms with E-state index in [4.69, 9.17) is 0 Å². The fourth-order valence-electron chi connectivity index (χ4n) is 4.10. The van der Waals surface area contributed by atoms with Gasteiger partial charge in [0, 0.05) is 48.8 Å². The van der Waals surface area contributed by atoms with Crippen LogP contribution in [0.15, 0.2) is 61.3 Å². The third kappa shape index (κ3) is 5.33. The molecule has 0 saturated carbocycles. The van der Waals surface area contributed by atoms with Gasteiger partial charge in [-0.1, -0.05) is 12.1 Å². The number of carbonyl (C=O) groups excluding carboxylic acids is 1. The van der Waals surface area contributed by atoms with Gasteiger partial charge < -0.3 is 15.3 Å². The highest BCUT2D eigenvalue weighted by Gasteiger charge is 2.30. The maximum atomic E-state index is 13.4. The van der Waals surface area contributed by atoms with Crippen LogP contribution in [-0.2, 0) is 13.0 Å². The molecule has 3 aromatic rings. The van der Waals surface area contributed by atoms with Gasteiger partial charge in [-0.3, -0.25) is 19.7 Å². The molecule has 32 heavy (non-hydrogen) atoms. The Morgan fingerprint density at radius 2 is 2.00 bits per heavy atom. The van der Waals surface area contributed by atoms with Crippen molar-refractivity contribution in [2.24, 2.45) is 0 Å². The number of halogens is 1. The molecule has 8 heteroatoms. The monoisotopic (exact) mass is 435 g/mol. The summed E-state index contributed by atoms with van der Waals surface area (Å²) in [5.74, 6) is -0.527. The van der Waals surface area contributed by atoms with Gasteiger partial charge >= 0.3 is 0 Å². The van der Waals surface area contributed by atoms with Crippen molar-refractivity contribution in [1.82, 2.24) is 25.2 Å². The molecule has 3 heterocycles. The van der Waals surface area contributed by atoms with Gasteiger partial charge in [0.05, 0.1) is 30.7 Å². The summed E-state index contributed by atoms with van der Waals surface area (Å²) < 4.78 is 13.4. The number of rotatable bonds is 7. The number of amides is 1. The predicted molar refractivity (Wildman–Crippen MR) is 117 cm³/mol. The van der Waals surface area contributed by atoms with E-state index in [-0.39, 0.29) is 18.0 Å². The van der Waals surface area contributed by atoms with E-state index in [9.17, 15) is 14.3 Å². The lowest BCUT2D eigenvalue weighted by atomic mass is 10.0. The van der Waals surface area contributed by atoms with Gasteiger partial charge in [-0.25, -0.2) is 4.39 Å². The Morgan fingerprint density at radius 3 is 2.72 bits per heavy atom. The standard InChI is InChI=1S/C24H26FN5O2/c1-30(15-21-14-26-8-9-28-21)24(32)17-4-2-16(3-5-17)10-20-6-7-22(29-20)23(31)18-11-19(25)13-27-12-18/h2-5,8-9,11-14,20,22-23,29,31H,6-7,10,15H2,1H3/t20-,22+,23?/m0/s1. The molecule has 1 aromatic carbocycles. The highest BCUT2D eigenvalue weighted by molar-refractivity contribution is 5.94. The molecule has 0 spiro atoms. The maximum absolute atomic E-state index is 13.4. The van der Waals surface area contributed by atoms with Gasteiger partial charge in [0.1, 0.15) is 5.82 Å². The summed E-state index contributed by atoms with van der Waals surface area (Å²) in [4.78, 5) is 26.4. The molecule has 1 saturated heterocycles. The maximum Gasteiger partial charge on any atom is 0.253 e. The first-order chi connectivity index (χ1) is 15.5. The van der Waals surface area contributed by atoms with Gasteiger partial charge in [0.15, 0.2) is 0 Å². The number of aliphatic hydroxyl groups excluding tert-OH is 1. The minimum absolute atomic E-state index is 0.0758. The SMILES string of the molecule is CN(Cc1cnccn1)C(=O)c1ccc(C[C@@H]2CC[C@H](C(O)c3cncc(F)c3)N2)cc1. The summed E-state index contributed by atoms with van der Waals surface area (Å²) >= 11 is 0. The van der Waals surface area contributed by atoms with Crippen molar-refractivity contribution in [3.8, 4) is 0 Å². The van der Waals surface area contributed by atoms with E-state index in [1.54, 1.807) is 30.5 Å². The number of benzene rings is 1. The normalized spacial score (nSPS) is 19.0. The van der Waals surface area contributed by atoms with Crippen molar-refractivity contribution in [2.45, 2.75) is 44.0 Å². The van der Waals surface area contributed by atoms with Crippen LogP contribution in [0, 0.1) is 5.82 Å². The molecule has 3 atom stereocenters. The van der Waals surface area contributed by atoms with E-state index >= 15 is 0 Å². The number of nitrogens with one attached hydrogen (secondary N) is 1. The third-order valence-corrected chi connectivity index (χ3v) is 5.77. The highest BCUT2D eigenvalue weighted by atomic mass is 19.1. The van der Waals surface area contributed by atoms with Gasteiger partial charge in [0.25, 0.3) is 5.91 Å². The number of aromatic nitrogens is 3. The molecule has 2 N–H and O–H groups in total. The Labute approximate surface area is 186 Å². The first kappa shape index (κ1) is 22.0. The Kier molecular flexibility index (Phi) is 6.82. The summed E-state index contributed by atoms with van der Waals surface area (Å²) in [5, 5.41) is 14.0. The van der Waals surface area contributed by atoms with E-state index in [0.29, 0.717) is 17.7 Å². The first-order valence-electron chi connectivity index (χ1n) is 10.6. The largest absolute Gasteiger partial charge is 0.387 e. The fourth-order valence-corrected chi connectivity index (χ4v) is 4.10. The molecule has 2 aromatic heterocycles. The summed E-state index contributed by atoms with van der Waals surface area (Å²) in [7, 11) is 1.74. The van der Waals surface area contributed by atoms with Crippen molar-refractivity contribution >= 4 is 5.91 Å². The van der Waals surface area contributed by atoms with Gasteiger partial charge in [-0.15, -0.1) is 0 Å². The van der Waals surface area contributed by atoms with Crippen molar-refractivity contribution in [2.75, 3.05) is 7.05 Å². The van der Waals surface area contributed by atoms with Gasteiger partial charge in [-0.2, -0.15) is 0 Å². The number of hydrogen-bond donors (Lipinski definition) is 2. The molecule has 0 aliphatic carbocycles. The van der Waals surface area contributed by atoms with Crippen LogP contribution in [0.2, 0.25) is 0 Å². The molecular weight excluding hydrogens is 409 g/mol. The lowest BCUT2D eigenvalue weighted by Crippen LogP contribution is -2.35. The van der Waals surface area contributed by atoms with E-state index < -0.39 is 11.9 Å². The van der Waals surface area contributed by atoms with Crippen molar-refractivity contribution in [3.05, 3.63) is 89.5 Å². The number of nitrogens with zero attached hydrogens (tertiary/aromatic N) is 4. The molecule has 1 fully saturated rings. The molecule has 1 aliphatic rings. The molecule has 1 amide bonds. The molecule has 4 rings (SSSR count). The van der Waals surface area contributed by atoms with Gasteiger partial charge in [-0.05, 0) is 43.0 Å². The molecule has 7 nitrogen and oxygen atoms in total. The number of pyridine rings is 1. The molecule has 0 bridgehead atoms. The smallest absolute Gasteiger partial charge is 0.253 e. The van der Waals surface area contributed by atoms with Crippen LogP contribution in [0.1, 0.15) is 46.1 Å². The highest BCUT2D eigenvalue weighted by Crippen LogP contribution is 2.26. The van der Waals surface area contributed by atoms with Crippen LogP contribution in [0.25, 0.3) is 0 Å². The average molecular weight is 436 g/mol. The molecule has 1 aliphatic heterocycles. The lowest BCUT2D eigenvalue weighted by molar-refractivity contribution is 0.0783. The second kappa shape index (κ2) is 9.93. The quantitative estimate of drug-likeness (QED) is 0.593. The lowest BCUT2D eigenvalue weighted by Gasteiger charge is -2.20. The second-order valence-corrected chi connectivity index (χ2v) is 8.19.